The lowest BCUT2D eigenvalue weighted by Gasteiger charge is -2.36. The fourth-order valence-electron chi connectivity index (χ4n) is 3.25. The van der Waals surface area contributed by atoms with Gasteiger partial charge in [-0.25, -0.2) is 14.4 Å². The van der Waals surface area contributed by atoms with Crippen LogP contribution in [0.1, 0.15) is 44.6 Å². The Morgan fingerprint density at radius 3 is 2.36 bits per heavy atom. The van der Waals surface area contributed by atoms with Crippen molar-refractivity contribution in [2.45, 2.75) is 45.1 Å². The van der Waals surface area contributed by atoms with Gasteiger partial charge in [0.05, 0.1) is 5.83 Å². The van der Waals surface area contributed by atoms with Crippen molar-refractivity contribution in [3.63, 3.8) is 0 Å². The third kappa shape index (κ3) is 3.46. The van der Waals surface area contributed by atoms with E-state index in [0.717, 1.165) is 50.5 Å². The fourth-order valence-corrected chi connectivity index (χ4v) is 3.25. The predicted octanol–water partition coefficient (Wildman–Crippen LogP) is 3.13. The maximum Gasteiger partial charge on any atom is 0.225 e. The van der Waals surface area contributed by atoms with Crippen molar-refractivity contribution in [3.8, 4) is 0 Å². The van der Waals surface area contributed by atoms with Crippen molar-refractivity contribution < 1.29 is 4.39 Å². The lowest BCUT2D eigenvalue weighted by Crippen LogP contribution is -2.49. The van der Waals surface area contributed by atoms with Crippen LogP contribution in [0, 0.1) is 0 Å². The SMILES string of the molecule is CC(C)N1CCN(c2ncc(C3CC=C(F)CC3)cn2)CC1. The van der Waals surface area contributed by atoms with E-state index in [1.165, 1.54) is 0 Å². The summed E-state index contributed by atoms with van der Waals surface area (Å²) < 4.78 is 13.1. The number of halogens is 1. The first-order valence-electron chi connectivity index (χ1n) is 8.29. The molecule has 22 heavy (non-hydrogen) atoms. The first kappa shape index (κ1) is 15.4. The zero-order valence-electron chi connectivity index (χ0n) is 13.5. The molecule has 1 fully saturated rings. The van der Waals surface area contributed by atoms with Crippen molar-refractivity contribution in [2.75, 3.05) is 31.1 Å². The standard InChI is InChI=1S/C17H25FN4/c1-13(2)21-7-9-22(10-8-21)17-19-11-15(12-20-17)14-3-5-16(18)6-4-14/h5,11-14H,3-4,6-10H2,1-2H3. The van der Waals surface area contributed by atoms with Crippen LogP contribution >= 0.6 is 0 Å². The predicted molar refractivity (Wildman–Crippen MR) is 86.7 cm³/mol. The van der Waals surface area contributed by atoms with Gasteiger partial charge in [0.1, 0.15) is 0 Å². The second kappa shape index (κ2) is 6.73. The maximum atomic E-state index is 13.1. The molecular formula is C17H25FN4. The number of nitrogens with zero attached hydrogens (tertiary/aromatic N) is 4. The van der Waals surface area contributed by atoms with E-state index < -0.39 is 0 Å². The van der Waals surface area contributed by atoms with Gasteiger partial charge in [-0.3, -0.25) is 4.90 Å². The van der Waals surface area contributed by atoms with Crippen molar-refractivity contribution in [3.05, 3.63) is 29.9 Å². The van der Waals surface area contributed by atoms with Crippen LogP contribution in [0.25, 0.3) is 0 Å². The Morgan fingerprint density at radius 2 is 1.82 bits per heavy atom. The monoisotopic (exact) mass is 304 g/mol. The first-order chi connectivity index (χ1) is 10.6. The number of aromatic nitrogens is 2. The number of piperazine rings is 1. The zero-order chi connectivity index (χ0) is 15.5. The highest BCUT2D eigenvalue weighted by molar-refractivity contribution is 5.32. The number of hydrogen-bond donors (Lipinski definition) is 0. The van der Waals surface area contributed by atoms with Gasteiger partial charge in [-0.1, -0.05) is 6.08 Å². The highest BCUT2D eigenvalue weighted by Gasteiger charge is 2.21. The molecule has 0 saturated carbocycles. The quantitative estimate of drug-likeness (QED) is 0.859. The molecular weight excluding hydrogens is 279 g/mol. The van der Waals surface area contributed by atoms with Crippen LogP contribution < -0.4 is 4.90 Å². The largest absolute Gasteiger partial charge is 0.338 e. The van der Waals surface area contributed by atoms with Gasteiger partial charge in [-0.15, -0.1) is 0 Å². The maximum absolute atomic E-state index is 13.1. The van der Waals surface area contributed by atoms with Crippen molar-refractivity contribution >= 4 is 5.95 Å². The topological polar surface area (TPSA) is 32.3 Å². The molecule has 2 aliphatic rings. The highest BCUT2D eigenvalue weighted by Crippen LogP contribution is 2.32. The van der Waals surface area contributed by atoms with Crippen LogP contribution in [0.5, 0.6) is 0 Å². The minimum absolute atomic E-state index is 0.0248. The molecule has 0 amide bonds. The van der Waals surface area contributed by atoms with Gasteiger partial charge in [0.15, 0.2) is 0 Å². The molecule has 1 saturated heterocycles. The summed E-state index contributed by atoms with van der Waals surface area (Å²) in [6.45, 7) is 8.57. The van der Waals surface area contributed by atoms with Crippen LogP contribution in [0.15, 0.2) is 24.3 Å². The summed E-state index contributed by atoms with van der Waals surface area (Å²) in [5.74, 6) is 1.22. The molecule has 5 heteroatoms. The zero-order valence-corrected chi connectivity index (χ0v) is 13.5. The van der Waals surface area contributed by atoms with E-state index in [0.29, 0.717) is 18.4 Å². The molecule has 1 aliphatic heterocycles. The van der Waals surface area contributed by atoms with Gasteiger partial charge in [0.2, 0.25) is 5.95 Å². The van der Waals surface area contributed by atoms with E-state index in [4.69, 9.17) is 0 Å². The summed E-state index contributed by atoms with van der Waals surface area (Å²) in [6, 6.07) is 0.602. The highest BCUT2D eigenvalue weighted by atomic mass is 19.1. The molecule has 0 spiro atoms. The lowest BCUT2D eigenvalue weighted by molar-refractivity contribution is 0.208. The van der Waals surface area contributed by atoms with E-state index in [2.05, 4.69) is 33.6 Å². The molecule has 1 aromatic rings. The third-order valence-corrected chi connectivity index (χ3v) is 4.81. The first-order valence-corrected chi connectivity index (χ1v) is 8.29. The molecule has 1 unspecified atom stereocenters. The molecule has 1 aromatic heterocycles. The molecule has 0 N–H and O–H groups in total. The number of anilines is 1. The Morgan fingerprint density at radius 1 is 1.14 bits per heavy atom. The average Bonchev–Trinajstić information content (AvgIpc) is 2.56. The summed E-state index contributed by atoms with van der Waals surface area (Å²) in [5, 5.41) is 0. The second-order valence-corrected chi connectivity index (χ2v) is 6.56. The number of allylic oxidation sites excluding steroid dienone is 2. The fraction of sp³-hybridized carbons (Fsp3) is 0.647. The molecule has 120 valence electrons. The number of hydrogen-bond acceptors (Lipinski definition) is 4. The minimum Gasteiger partial charge on any atom is -0.338 e. The average molecular weight is 304 g/mol. The molecule has 0 bridgehead atoms. The van der Waals surface area contributed by atoms with Crippen LogP contribution in [-0.2, 0) is 0 Å². The molecule has 2 heterocycles. The lowest BCUT2D eigenvalue weighted by atomic mass is 9.89. The Balaban J connectivity index is 1.60. The van der Waals surface area contributed by atoms with Gasteiger partial charge in [-0.05, 0) is 44.6 Å². The van der Waals surface area contributed by atoms with E-state index in [1.807, 2.05) is 12.4 Å². The molecule has 1 atom stereocenters. The van der Waals surface area contributed by atoms with Crippen molar-refractivity contribution in [2.24, 2.45) is 0 Å². The van der Waals surface area contributed by atoms with E-state index in [9.17, 15) is 4.39 Å². The van der Waals surface area contributed by atoms with E-state index >= 15 is 0 Å². The van der Waals surface area contributed by atoms with Gasteiger partial charge in [0.25, 0.3) is 0 Å². The summed E-state index contributed by atoms with van der Waals surface area (Å²) >= 11 is 0. The van der Waals surface area contributed by atoms with Gasteiger partial charge >= 0.3 is 0 Å². The third-order valence-electron chi connectivity index (χ3n) is 4.81. The van der Waals surface area contributed by atoms with Crippen molar-refractivity contribution in [1.82, 2.24) is 14.9 Å². The molecule has 0 radical (unpaired) electrons. The van der Waals surface area contributed by atoms with Crippen LogP contribution in [0.3, 0.4) is 0 Å². The number of rotatable bonds is 3. The van der Waals surface area contributed by atoms with Gasteiger partial charge < -0.3 is 4.90 Å². The summed E-state index contributed by atoms with van der Waals surface area (Å²) in [6.07, 6.45) is 7.73. The summed E-state index contributed by atoms with van der Waals surface area (Å²) in [7, 11) is 0. The summed E-state index contributed by atoms with van der Waals surface area (Å²) in [5.41, 5.74) is 1.13. The van der Waals surface area contributed by atoms with Crippen LogP contribution in [0.4, 0.5) is 10.3 Å². The Labute approximate surface area is 132 Å². The summed E-state index contributed by atoms with van der Waals surface area (Å²) in [4.78, 5) is 13.8. The molecule has 1 aliphatic carbocycles. The Kier molecular flexibility index (Phi) is 4.71. The normalized spacial score (nSPS) is 23.7. The Bertz CT molecular complexity index is 518. The van der Waals surface area contributed by atoms with Crippen molar-refractivity contribution in [1.29, 1.82) is 0 Å². The van der Waals surface area contributed by atoms with Gasteiger partial charge in [0, 0.05) is 44.6 Å². The minimum atomic E-state index is 0.0248. The van der Waals surface area contributed by atoms with E-state index in [-0.39, 0.29) is 5.83 Å². The Hall–Kier alpha value is -1.49. The smallest absolute Gasteiger partial charge is 0.225 e. The van der Waals surface area contributed by atoms with Crippen LogP contribution in [-0.4, -0.2) is 47.1 Å². The second-order valence-electron chi connectivity index (χ2n) is 6.56. The van der Waals surface area contributed by atoms with Gasteiger partial charge in [-0.2, -0.15) is 0 Å². The van der Waals surface area contributed by atoms with E-state index in [1.54, 1.807) is 6.08 Å². The molecule has 4 nitrogen and oxygen atoms in total. The molecule has 3 rings (SSSR count). The molecule has 0 aromatic carbocycles. The van der Waals surface area contributed by atoms with Crippen LogP contribution in [0.2, 0.25) is 0 Å².